The largest absolute Gasteiger partial charge is 0.391 e. The Morgan fingerprint density at radius 3 is 2.83 bits per heavy atom. The van der Waals surface area contributed by atoms with Gasteiger partial charge in [-0.1, -0.05) is 20.3 Å². The van der Waals surface area contributed by atoms with E-state index in [4.69, 9.17) is 0 Å². The molecule has 18 heavy (non-hydrogen) atoms. The zero-order chi connectivity index (χ0) is 12.7. The lowest BCUT2D eigenvalue weighted by Gasteiger charge is -2.17. The number of carbonyl (C=O) groups is 1. The highest BCUT2D eigenvalue weighted by Crippen LogP contribution is 2.14. The summed E-state index contributed by atoms with van der Waals surface area (Å²) in [5.74, 6) is 0.967. The van der Waals surface area contributed by atoms with Gasteiger partial charge in [-0.05, 0) is 37.8 Å². The van der Waals surface area contributed by atoms with Crippen LogP contribution in [0.2, 0.25) is 0 Å². The first-order valence-electron chi connectivity index (χ1n) is 6.79. The Kier molecular flexibility index (Phi) is 9.42. The molecule has 1 rings (SSSR count). The number of hydrogen-bond acceptors (Lipinski definition) is 3. The highest BCUT2D eigenvalue weighted by atomic mass is 35.5. The summed E-state index contributed by atoms with van der Waals surface area (Å²) in [6, 6.07) is 0. The standard InChI is InChI=1S/C13H26N2O2.ClH/c1-3-10(2)12(16)9-15-13(17)5-4-11-6-7-14-8-11;/h10-12,14,16H,3-9H2,1-2H3,(H,15,17);1H. The minimum Gasteiger partial charge on any atom is -0.391 e. The van der Waals surface area contributed by atoms with Crippen LogP contribution in [0.1, 0.15) is 39.5 Å². The van der Waals surface area contributed by atoms with Crippen LogP contribution in [0.25, 0.3) is 0 Å². The number of nitrogens with one attached hydrogen (secondary N) is 2. The van der Waals surface area contributed by atoms with Crippen LogP contribution < -0.4 is 10.6 Å². The molecule has 1 fully saturated rings. The normalized spacial score (nSPS) is 22.1. The zero-order valence-corrected chi connectivity index (χ0v) is 12.3. The second-order valence-electron chi connectivity index (χ2n) is 5.15. The number of rotatable bonds is 7. The van der Waals surface area contributed by atoms with Crippen molar-refractivity contribution in [2.45, 2.75) is 45.6 Å². The molecular weight excluding hydrogens is 252 g/mol. The second kappa shape index (κ2) is 9.59. The third kappa shape index (κ3) is 6.57. The fraction of sp³-hybridized carbons (Fsp3) is 0.923. The van der Waals surface area contributed by atoms with Crippen molar-refractivity contribution in [3.63, 3.8) is 0 Å². The Balaban J connectivity index is 0.00000289. The van der Waals surface area contributed by atoms with Crippen LogP contribution in [0, 0.1) is 11.8 Å². The monoisotopic (exact) mass is 278 g/mol. The molecule has 5 heteroatoms. The van der Waals surface area contributed by atoms with Crippen molar-refractivity contribution in [3.8, 4) is 0 Å². The van der Waals surface area contributed by atoms with Crippen LogP contribution >= 0.6 is 12.4 Å². The Morgan fingerprint density at radius 1 is 1.56 bits per heavy atom. The minimum atomic E-state index is -0.419. The highest BCUT2D eigenvalue weighted by Gasteiger charge is 2.17. The smallest absolute Gasteiger partial charge is 0.220 e. The maximum atomic E-state index is 11.6. The van der Waals surface area contributed by atoms with E-state index < -0.39 is 6.10 Å². The molecule has 3 N–H and O–H groups in total. The van der Waals surface area contributed by atoms with Gasteiger partial charge in [0.05, 0.1) is 6.10 Å². The van der Waals surface area contributed by atoms with Crippen molar-refractivity contribution in [1.29, 1.82) is 0 Å². The minimum absolute atomic E-state index is 0. The van der Waals surface area contributed by atoms with Crippen molar-refractivity contribution < 1.29 is 9.90 Å². The first-order valence-corrected chi connectivity index (χ1v) is 6.79. The van der Waals surface area contributed by atoms with Gasteiger partial charge in [-0.2, -0.15) is 0 Å². The zero-order valence-electron chi connectivity index (χ0n) is 11.4. The Bertz CT molecular complexity index is 233. The number of halogens is 1. The van der Waals surface area contributed by atoms with E-state index in [2.05, 4.69) is 10.6 Å². The molecule has 0 aromatic heterocycles. The van der Waals surface area contributed by atoms with Gasteiger partial charge in [0.15, 0.2) is 0 Å². The van der Waals surface area contributed by atoms with Gasteiger partial charge in [-0.25, -0.2) is 0 Å². The van der Waals surface area contributed by atoms with Gasteiger partial charge >= 0.3 is 0 Å². The van der Waals surface area contributed by atoms with E-state index in [1.54, 1.807) is 0 Å². The molecule has 1 heterocycles. The van der Waals surface area contributed by atoms with Crippen LogP contribution in [0.3, 0.4) is 0 Å². The van der Waals surface area contributed by atoms with E-state index in [1.807, 2.05) is 13.8 Å². The predicted octanol–water partition coefficient (Wildman–Crippen LogP) is 1.32. The summed E-state index contributed by atoms with van der Waals surface area (Å²) in [5, 5.41) is 15.8. The highest BCUT2D eigenvalue weighted by molar-refractivity contribution is 5.85. The second-order valence-corrected chi connectivity index (χ2v) is 5.15. The molecule has 0 aliphatic carbocycles. The summed E-state index contributed by atoms with van der Waals surface area (Å²) in [4.78, 5) is 11.6. The lowest BCUT2D eigenvalue weighted by Crippen LogP contribution is -2.35. The van der Waals surface area contributed by atoms with E-state index in [9.17, 15) is 9.90 Å². The number of amides is 1. The fourth-order valence-electron chi connectivity index (χ4n) is 2.08. The first-order chi connectivity index (χ1) is 8.13. The Labute approximate surface area is 116 Å². The third-order valence-corrected chi connectivity index (χ3v) is 3.75. The molecule has 108 valence electrons. The van der Waals surface area contributed by atoms with E-state index in [-0.39, 0.29) is 24.2 Å². The SMILES string of the molecule is CCC(C)C(O)CNC(=O)CCC1CCNC1.Cl. The van der Waals surface area contributed by atoms with Gasteiger partial charge in [-0.3, -0.25) is 4.79 Å². The molecule has 0 aromatic carbocycles. The molecule has 1 saturated heterocycles. The summed E-state index contributed by atoms with van der Waals surface area (Å²) >= 11 is 0. The molecule has 3 unspecified atom stereocenters. The van der Waals surface area contributed by atoms with Gasteiger partial charge in [-0.15, -0.1) is 12.4 Å². The van der Waals surface area contributed by atoms with Crippen molar-refractivity contribution in [2.24, 2.45) is 11.8 Å². The van der Waals surface area contributed by atoms with Gasteiger partial charge in [0.1, 0.15) is 0 Å². The summed E-state index contributed by atoms with van der Waals surface area (Å²) < 4.78 is 0. The maximum absolute atomic E-state index is 11.6. The van der Waals surface area contributed by atoms with Crippen molar-refractivity contribution in [1.82, 2.24) is 10.6 Å². The Morgan fingerprint density at radius 2 is 2.28 bits per heavy atom. The number of aliphatic hydroxyl groups excluding tert-OH is 1. The molecule has 1 aliphatic heterocycles. The quantitative estimate of drug-likeness (QED) is 0.658. The van der Waals surface area contributed by atoms with Crippen LogP contribution in [-0.2, 0) is 4.79 Å². The molecular formula is C13H27ClN2O2. The summed E-state index contributed by atoms with van der Waals surface area (Å²) in [6.07, 6.45) is 3.24. The van der Waals surface area contributed by atoms with Crippen LogP contribution in [0.15, 0.2) is 0 Å². The van der Waals surface area contributed by atoms with Crippen molar-refractivity contribution in [2.75, 3.05) is 19.6 Å². The van der Waals surface area contributed by atoms with Crippen molar-refractivity contribution >= 4 is 18.3 Å². The van der Waals surface area contributed by atoms with E-state index in [0.29, 0.717) is 18.9 Å². The van der Waals surface area contributed by atoms with E-state index >= 15 is 0 Å². The van der Waals surface area contributed by atoms with Gasteiger partial charge < -0.3 is 15.7 Å². The van der Waals surface area contributed by atoms with Gasteiger partial charge in [0.25, 0.3) is 0 Å². The first kappa shape index (κ1) is 17.7. The Hall–Kier alpha value is -0.320. The summed E-state index contributed by atoms with van der Waals surface area (Å²) in [5.41, 5.74) is 0. The van der Waals surface area contributed by atoms with Gasteiger partial charge in [0.2, 0.25) is 5.91 Å². The van der Waals surface area contributed by atoms with E-state index in [1.165, 1.54) is 6.42 Å². The van der Waals surface area contributed by atoms with Gasteiger partial charge in [0, 0.05) is 13.0 Å². The average Bonchev–Trinajstić information content (AvgIpc) is 2.85. The predicted molar refractivity (Wildman–Crippen MR) is 75.9 cm³/mol. The van der Waals surface area contributed by atoms with E-state index in [0.717, 1.165) is 25.9 Å². The fourth-order valence-corrected chi connectivity index (χ4v) is 2.08. The molecule has 0 radical (unpaired) electrons. The topological polar surface area (TPSA) is 61.4 Å². The van der Waals surface area contributed by atoms with Crippen LogP contribution in [0.5, 0.6) is 0 Å². The molecule has 0 bridgehead atoms. The average molecular weight is 279 g/mol. The summed E-state index contributed by atoms with van der Waals surface area (Å²) in [6.45, 7) is 6.56. The lowest BCUT2D eigenvalue weighted by molar-refractivity contribution is -0.122. The lowest BCUT2D eigenvalue weighted by atomic mass is 10.0. The molecule has 0 saturated carbocycles. The molecule has 0 spiro atoms. The molecule has 1 aliphatic rings. The van der Waals surface area contributed by atoms with Crippen LogP contribution in [-0.4, -0.2) is 36.8 Å². The third-order valence-electron chi connectivity index (χ3n) is 3.75. The molecule has 3 atom stereocenters. The summed E-state index contributed by atoms with van der Waals surface area (Å²) in [7, 11) is 0. The maximum Gasteiger partial charge on any atom is 0.220 e. The number of hydrogen-bond donors (Lipinski definition) is 3. The molecule has 0 aromatic rings. The van der Waals surface area contributed by atoms with Crippen LogP contribution in [0.4, 0.5) is 0 Å². The number of aliphatic hydroxyl groups is 1. The molecule has 4 nitrogen and oxygen atoms in total. The molecule has 1 amide bonds. The number of carbonyl (C=O) groups excluding carboxylic acids is 1. The van der Waals surface area contributed by atoms with Crippen molar-refractivity contribution in [3.05, 3.63) is 0 Å².